The van der Waals surface area contributed by atoms with Crippen LogP contribution in [0.25, 0.3) is 0 Å². The second-order valence-corrected chi connectivity index (χ2v) is 6.76. The van der Waals surface area contributed by atoms with E-state index in [4.69, 9.17) is 4.74 Å². The Morgan fingerprint density at radius 3 is 2.38 bits per heavy atom. The number of hydrogen-bond donors (Lipinski definition) is 2. The standard InChI is InChI=1S/C15H26N2O3S/c1-3-16-12-14-6-8-15(9-7-14)13-21(18,19)17-10-4-5-11-20-2/h6-9,16-17H,3-5,10-13H2,1-2H3. The Morgan fingerprint density at radius 2 is 1.76 bits per heavy atom. The van der Waals surface area contributed by atoms with Gasteiger partial charge in [-0.25, -0.2) is 13.1 Å². The van der Waals surface area contributed by atoms with Crippen LogP contribution in [0.15, 0.2) is 24.3 Å². The van der Waals surface area contributed by atoms with E-state index in [0.717, 1.165) is 37.1 Å². The number of sulfonamides is 1. The zero-order valence-electron chi connectivity index (χ0n) is 12.9. The molecule has 5 nitrogen and oxygen atoms in total. The molecule has 2 N–H and O–H groups in total. The predicted octanol–water partition coefficient (Wildman–Crippen LogP) is 1.64. The van der Waals surface area contributed by atoms with Crippen LogP contribution in [0.4, 0.5) is 0 Å². The van der Waals surface area contributed by atoms with Crippen molar-refractivity contribution in [3.05, 3.63) is 35.4 Å². The minimum absolute atomic E-state index is 0.0266. The summed E-state index contributed by atoms with van der Waals surface area (Å²) in [5.74, 6) is 0.0266. The molecular weight excluding hydrogens is 288 g/mol. The van der Waals surface area contributed by atoms with Crippen LogP contribution in [-0.4, -0.2) is 35.2 Å². The third-order valence-electron chi connectivity index (χ3n) is 3.06. The first kappa shape index (κ1) is 18.1. The van der Waals surface area contributed by atoms with Crippen molar-refractivity contribution in [2.75, 3.05) is 26.8 Å². The van der Waals surface area contributed by atoms with Gasteiger partial charge in [-0.15, -0.1) is 0 Å². The molecule has 0 unspecified atom stereocenters. The highest BCUT2D eigenvalue weighted by Crippen LogP contribution is 2.08. The summed E-state index contributed by atoms with van der Waals surface area (Å²) in [5, 5.41) is 3.24. The molecule has 0 bridgehead atoms. The third-order valence-corrected chi connectivity index (χ3v) is 4.41. The Hall–Kier alpha value is -0.950. The van der Waals surface area contributed by atoms with E-state index >= 15 is 0 Å². The summed E-state index contributed by atoms with van der Waals surface area (Å²) < 4.78 is 31.4. The van der Waals surface area contributed by atoms with Gasteiger partial charge in [0.05, 0.1) is 5.75 Å². The predicted molar refractivity (Wildman–Crippen MR) is 85.6 cm³/mol. The Kier molecular flexibility index (Phi) is 8.52. The summed E-state index contributed by atoms with van der Waals surface area (Å²) >= 11 is 0. The summed E-state index contributed by atoms with van der Waals surface area (Å²) in [7, 11) is -1.62. The lowest BCUT2D eigenvalue weighted by Crippen LogP contribution is -2.26. The molecule has 120 valence electrons. The minimum Gasteiger partial charge on any atom is -0.385 e. The van der Waals surface area contributed by atoms with Crippen LogP contribution >= 0.6 is 0 Å². The van der Waals surface area contributed by atoms with Gasteiger partial charge in [0, 0.05) is 26.8 Å². The van der Waals surface area contributed by atoms with E-state index in [1.165, 1.54) is 0 Å². The van der Waals surface area contributed by atoms with Crippen molar-refractivity contribution in [2.45, 2.75) is 32.1 Å². The lowest BCUT2D eigenvalue weighted by atomic mass is 10.1. The summed E-state index contributed by atoms with van der Waals surface area (Å²) in [4.78, 5) is 0. The molecular formula is C15H26N2O3S. The second kappa shape index (κ2) is 9.89. The summed E-state index contributed by atoms with van der Waals surface area (Å²) in [6.45, 7) is 4.91. The van der Waals surface area contributed by atoms with E-state index in [2.05, 4.69) is 17.0 Å². The number of nitrogens with one attached hydrogen (secondary N) is 2. The van der Waals surface area contributed by atoms with Crippen molar-refractivity contribution in [2.24, 2.45) is 0 Å². The quantitative estimate of drug-likeness (QED) is 0.609. The van der Waals surface area contributed by atoms with Crippen LogP contribution in [0.2, 0.25) is 0 Å². The van der Waals surface area contributed by atoms with Crippen molar-refractivity contribution < 1.29 is 13.2 Å². The molecule has 1 aromatic rings. The van der Waals surface area contributed by atoms with Gasteiger partial charge in [0.1, 0.15) is 0 Å². The minimum atomic E-state index is -3.26. The number of benzene rings is 1. The zero-order valence-corrected chi connectivity index (χ0v) is 13.7. The summed E-state index contributed by atoms with van der Waals surface area (Å²) in [5.41, 5.74) is 1.96. The van der Waals surface area contributed by atoms with Crippen molar-refractivity contribution >= 4 is 10.0 Å². The molecule has 0 radical (unpaired) electrons. The fourth-order valence-corrected chi connectivity index (χ4v) is 3.08. The fourth-order valence-electron chi connectivity index (χ4n) is 1.89. The van der Waals surface area contributed by atoms with E-state index < -0.39 is 10.0 Å². The van der Waals surface area contributed by atoms with Gasteiger partial charge in [0.25, 0.3) is 0 Å². The Morgan fingerprint density at radius 1 is 1.10 bits per heavy atom. The number of methoxy groups -OCH3 is 1. The first-order chi connectivity index (χ1) is 10.1. The van der Waals surface area contributed by atoms with Crippen LogP contribution in [0.1, 0.15) is 30.9 Å². The second-order valence-electron chi connectivity index (χ2n) is 4.95. The molecule has 1 rings (SSSR count). The van der Waals surface area contributed by atoms with E-state index in [1.54, 1.807) is 7.11 Å². The number of rotatable bonds is 11. The highest BCUT2D eigenvalue weighted by Gasteiger charge is 2.10. The smallest absolute Gasteiger partial charge is 0.215 e. The van der Waals surface area contributed by atoms with Gasteiger partial charge in [-0.05, 0) is 30.5 Å². The maximum absolute atomic E-state index is 11.9. The zero-order chi connectivity index (χ0) is 15.6. The highest BCUT2D eigenvalue weighted by atomic mass is 32.2. The van der Waals surface area contributed by atoms with Gasteiger partial charge in [-0.2, -0.15) is 0 Å². The molecule has 0 fully saturated rings. The van der Waals surface area contributed by atoms with Gasteiger partial charge in [0.15, 0.2) is 0 Å². The lowest BCUT2D eigenvalue weighted by Gasteiger charge is -2.08. The number of unbranched alkanes of at least 4 members (excludes halogenated alkanes) is 1. The fraction of sp³-hybridized carbons (Fsp3) is 0.600. The Labute approximate surface area is 128 Å². The Bertz CT molecular complexity index is 486. The molecule has 21 heavy (non-hydrogen) atoms. The summed E-state index contributed by atoms with van der Waals surface area (Å²) in [6.07, 6.45) is 1.65. The maximum Gasteiger partial charge on any atom is 0.215 e. The SMILES string of the molecule is CCNCc1ccc(CS(=O)(=O)NCCCCOC)cc1. The van der Waals surface area contributed by atoms with Crippen molar-refractivity contribution in [1.82, 2.24) is 10.0 Å². The molecule has 1 aromatic carbocycles. The molecule has 0 aliphatic carbocycles. The molecule has 0 saturated heterocycles. The van der Waals surface area contributed by atoms with Gasteiger partial charge >= 0.3 is 0 Å². The first-order valence-corrected chi connectivity index (χ1v) is 8.97. The van der Waals surface area contributed by atoms with E-state index in [1.807, 2.05) is 24.3 Å². The lowest BCUT2D eigenvalue weighted by molar-refractivity contribution is 0.193. The molecule has 0 aromatic heterocycles. The van der Waals surface area contributed by atoms with E-state index in [0.29, 0.717) is 13.2 Å². The molecule has 0 amide bonds. The van der Waals surface area contributed by atoms with Gasteiger partial charge in [0.2, 0.25) is 10.0 Å². The van der Waals surface area contributed by atoms with Crippen molar-refractivity contribution in [3.63, 3.8) is 0 Å². The number of ether oxygens (including phenoxy) is 1. The molecule has 6 heteroatoms. The van der Waals surface area contributed by atoms with Crippen LogP contribution in [0.5, 0.6) is 0 Å². The molecule has 0 atom stereocenters. The van der Waals surface area contributed by atoms with E-state index in [9.17, 15) is 8.42 Å². The van der Waals surface area contributed by atoms with Crippen LogP contribution in [0, 0.1) is 0 Å². The monoisotopic (exact) mass is 314 g/mol. The molecule has 0 aliphatic rings. The largest absolute Gasteiger partial charge is 0.385 e. The van der Waals surface area contributed by atoms with Crippen LogP contribution in [0.3, 0.4) is 0 Å². The van der Waals surface area contributed by atoms with Gasteiger partial charge in [-0.3, -0.25) is 0 Å². The summed E-state index contributed by atoms with van der Waals surface area (Å²) in [6, 6.07) is 7.67. The number of hydrogen-bond acceptors (Lipinski definition) is 4. The van der Waals surface area contributed by atoms with Crippen LogP contribution < -0.4 is 10.0 Å². The normalized spacial score (nSPS) is 11.7. The Balaban J connectivity index is 2.40. The first-order valence-electron chi connectivity index (χ1n) is 7.32. The maximum atomic E-state index is 11.9. The van der Waals surface area contributed by atoms with Crippen LogP contribution in [-0.2, 0) is 27.1 Å². The molecule has 0 saturated carbocycles. The van der Waals surface area contributed by atoms with Gasteiger partial charge in [-0.1, -0.05) is 31.2 Å². The average Bonchev–Trinajstić information content (AvgIpc) is 2.46. The van der Waals surface area contributed by atoms with Gasteiger partial charge < -0.3 is 10.1 Å². The van der Waals surface area contributed by atoms with Crippen molar-refractivity contribution in [1.29, 1.82) is 0 Å². The highest BCUT2D eigenvalue weighted by molar-refractivity contribution is 7.88. The molecule has 0 spiro atoms. The van der Waals surface area contributed by atoms with Crippen molar-refractivity contribution in [3.8, 4) is 0 Å². The molecule has 0 aliphatic heterocycles. The molecule has 0 heterocycles. The topological polar surface area (TPSA) is 67.4 Å². The third kappa shape index (κ3) is 8.16. The van der Waals surface area contributed by atoms with E-state index in [-0.39, 0.29) is 5.75 Å². The average molecular weight is 314 g/mol.